The molecule has 5 heteroatoms. The average Bonchev–Trinajstić information content (AvgIpc) is 2.03. The zero-order valence-corrected chi connectivity index (χ0v) is 7.78. The second-order valence-electron chi connectivity index (χ2n) is 2.91. The zero-order chi connectivity index (χ0) is 10.4. The Labute approximate surface area is 76.8 Å². The van der Waals surface area contributed by atoms with Crippen molar-refractivity contribution >= 4 is 11.9 Å². The van der Waals surface area contributed by atoms with Gasteiger partial charge in [-0.25, -0.2) is 0 Å². The molecular formula is C8H15NO4. The van der Waals surface area contributed by atoms with E-state index in [1.54, 1.807) is 0 Å². The van der Waals surface area contributed by atoms with E-state index in [0.29, 0.717) is 12.8 Å². The molecule has 0 bridgehead atoms. The molecule has 0 spiro atoms. The van der Waals surface area contributed by atoms with Crippen molar-refractivity contribution in [3.8, 4) is 0 Å². The van der Waals surface area contributed by atoms with Gasteiger partial charge in [0.15, 0.2) is 0 Å². The fourth-order valence-corrected chi connectivity index (χ4v) is 0.940. The van der Waals surface area contributed by atoms with E-state index >= 15 is 0 Å². The summed E-state index contributed by atoms with van der Waals surface area (Å²) in [7, 11) is 0. The van der Waals surface area contributed by atoms with Gasteiger partial charge in [0, 0.05) is 0 Å². The smallest absolute Gasteiger partial charge is 0.320 e. The first kappa shape index (κ1) is 11.9. The van der Waals surface area contributed by atoms with E-state index in [1.807, 2.05) is 6.92 Å². The molecule has 13 heavy (non-hydrogen) atoms. The third-order valence-electron chi connectivity index (χ3n) is 1.70. The Balaban J connectivity index is 4.09. The third-order valence-corrected chi connectivity index (χ3v) is 1.70. The highest BCUT2D eigenvalue weighted by Gasteiger charge is 2.21. The molecular weight excluding hydrogens is 174 g/mol. The van der Waals surface area contributed by atoms with Crippen LogP contribution in [-0.2, 0) is 9.59 Å². The lowest BCUT2D eigenvalue weighted by atomic mass is 10.1. The van der Waals surface area contributed by atoms with Crippen LogP contribution in [0.5, 0.6) is 0 Å². The van der Waals surface area contributed by atoms with E-state index in [0.717, 1.165) is 0 Å². The second kappa shape index (κ2) is 5.53. The minimum absolute atomic E-state index is 0.437. The number of hydrogen-bond donors (Lipinski definition) is 3. The molecule has 2 atom stereocenters. The molecule has 0 aromatic carbocycles. The maximum absolute atomic E-state index is 10.6. The van der Waals surface area contributed by atoms with Crippen molar-refractivity contribution in [3.63, 3.8) is 0 Å². The Morgan fingerprint density at radius 1 is 1.31 bits per heavy atom. The van der Waals surface area contributed by atoms with Crippen molar-refractivity contribution in [2.75, 3.05) is 0 Å². The standard InChI is InChI=1S/C8H15NO4/c1-3-4-6(8(12)13)9-5(2)7(10)11/h5-6,9H,3-4H2,1-2H3,(H,10,11)(H,12,13)/t5?,6-/m0/s1. The predicted octanol–water partition coefficient (Wildman–Crippen LogP) is 0.302. The van der Waals surface area contributed by atoms with Crippen molar-refractivity contribution in [2.24, 2.45) is 0 Å². The van der Waals surface area contributed by atoms with Gasteiger partial charge in [0.1, 0.15) is 12.1 Å². The van der Waals surface area contributed by atoms with Gasteiger partial charge >= 0.3 is 11.9 Å². The second-order valence-corrected chi connectivity index (χ2v) is 2.91. The highest BCUT2D eigenvalue weighted by Crippen LogP contribution is 1.98. The zero-order valence-electron chi connectivity index (χ0n) is 7.78. The summed E-state index contributed by atoms with van der Waals surface area (Å²) in [5, 5.41) is 19.7. The molecule has 0 aliphatic heterocycles. The molecule has 0 amide bonds. The Morgan fingerprint density at radius 2 is 1.85 bits per heavy atom. The van der Waals surface area contributed by atoms with E-state index in [9.17, 15) is 9.59 Å². The molecule has 0 rings (SSSR count). The molecule has 0 saturated carbocycles. The lowest BCUT2D eigenvalue weighted by molar-refractivity contribution is -0.142. The molecule has 1 unspecified atom stereocenters. The Bertz CT molecular complexity index is 193. The number of carbonyl (C=O) groups is 2. The molecule has 76 valence electrons. The average molecular weight is 189 g/mol. The fraction of sp³-hybridized carbons (Fsp3) is 0.750. The van der Waals surface area contributed by atoms with Gasteiger partial charge < -0.3 is 10.2 Å². The Kier molecular flexibility index (Phi) is 5.06. The Morgan fingerprint density at radius 3 is 2.15 bits per heavy atom. The van der Waals surface area contributed by atoms with Crippen molar-refractivity contribution in [2.45, 2.75) is 38.8 Å². The third kappa shape index (κ3) is 4.47. The van der Waals surface area contributed by atoms with Crippen LogP contribution in [0.25, 0.3) is 0 Å². The van der Waals surface area contributed by atoms with Crippen LogP contribution in [0.1, 0.15) is 26.7 Å². The van der Waals surface area contributed by atoms with Gasteiger partial charge in [-0.3, -0.25) is 14.9 Å². The van der Waals surface area contributed by atoms with Crippen molar-refractivity contribution < 1.29 is 19.8 Å². The van der Waals surface area contributed by atoms with E-state index in [2.05, 4.69) is 5.32 Å². The van der Waals surface area contributed by atoms with Gasteiger partial charge in [-0.1, -0.05) is 13.3 Å². The van der Waals surface area contributed by atoms with Crippen LogP contribution >= 0.6 is 0 Å². The normalized spacial score (nSPS) is 14.9. The Hall–Kier alpha value is -1.10. The number of hydrogen-bond acceptors (Lipinski definition) is 3. The number of carboxylic acid groups (broad SMARTS) is 2. The van der Waals surface area contributed by atoms with Crippen LogP contribution < -0.4 is 5.32 Å². The summed E-state index contributed by atoms with van der Waals surface area (Å²) in [6.45, 7) is 3.27. The molecule has 0 aromatic heterocycles. The molecule has 0 saturated heterocycles. The van der Waals surface area contributed by atoms with Crippen molar-refractivity contribution in [3.05, 3.63) is 0 Å². The number of aliphatic carboxylic acids is 2. The molecule has 3 N–H and O–H groups in total. The van der Waals surface area contributed by atoms with Gasteiger partial charge in [-0.15, -0.1) is 0 Å². The molecule has 0 aromatic rings. The monoisotopic (exact) mass is 189 g/mol. The summed E-state index contributed by atoms with van der Waals surface area (Å²) in [6.07, 6.45) is 1.14. The SMILES string of the molecule is CCC[C@H](NC(C)C(=O)O)C(=O)O. The summed E-state index contributed by atoms with van der Waals surface area (Å²) in [5.41, 5.74) is 0. The number of carboxylic acids is 2. The van der Waals surface area contributed by atoms with Gasteiger partial charge in [0.2, 0.25) is 0 Å². The van der Waals surface area contributed by atoms with E-state index in [1.165, 1.54) is 6.92 Å². The van der Waals surface area contributed by atoms with Gasteiger partial charge in [-0.05, 0) is 13.3 Å². The first-order valence-electron chi connectivity index (χ1n) is 4.20. The highest BCUT2D eigenvalue weighted by molar-refractivity contribution is 5.77. The first-order chi connectivity index (χ1) is 5.99. The minimum Gasteiger partial charge on any atom is -0.480 e. The van der Waals surface area contributed by atoms with E-state index < -0.39 is 24.0 Å². The summed E-state index contributed by atoms with van der Waals surface area (Å²) in [4.78, 5) is 21.0. The molecule has 0 heterocycles. The number of nitrogens with one attached hydrogen (secondary N) is 1. The predicted molar refractivity (Wildman–Crippen MR) is 46.6 cm³/mol. The first-order valence-corrected chi connectivity index (χ1v) is 4.20. The summed E-state index contributed by atoms with van der Waals surface area (Å²) < 4.78 is 0. The van der Waals surface area contributed by atoms with Crippen LogP contribution in [0.2, 0.25) is 0 Å². The van der Waals surface area contributed by atoms with E-state index in [4.69, 9.17) is 10.2 Å². The highest BCUT2D eigenvalue weighted by atomic mass is 16.4. The lowest BCUT2D eigenvalue weighted by Gasteiger charge is -2.16. The largest absolute Gasteiger partial charge is 0.480 e. The lowest BCUT2D eigenvalue weighted by Crippen LogP contribution is -2.45. The summed E-state index contributed by atoms with van der Waals surface area (Å²) in [6, 6.07) is -1.59. The van der Waals surface area contributed by atoms with Crippen molar-refractivity contribution in [1.82, 2.24) is 5.32 Å². The van der Waals surface area contributed by atoms with Crippen molar-refractivity contribution in [1.29, 1.82) is 0 Å². The van der Waals surface area contributed by atoms with Gasteiger partial charge in [-0.2, -0.15) is 0 Å². The fourth-order valence-electron chi connectivity index (χ4n) is 0.940. The van der Waals surface area contributed by atoms with Gasteiger partial charge in [0.25, 0.3) is 0 Å². The molecule has 0 aliphatic carbocycles. The van der Waals surface area contributed by atoms with Gasteiger partial charge in [0.05, 0.1) is 0 Å². The maximum Gasteiger partial charge on any atom is 0.320 e. The van der Waals surface area contributed by atoms with E-state index in [-0.39, 0.29) is 0 Å². The summed E-state index contributed by atoms with van der Waals surface area (Å²) >= 11 is 0. The van der Waals surface area contributed by atoms with Crippen LogP contribution in [0.3, 0.4) is 0 Å². The van der Waals surface area contributed by atoms with Crippen LogP contribution in [0.4, 0.5) is 0 Å². The van der Waals surface area contributed by atoms with Crippen LogP contribution in [0, 0.1) is 0 Å². The van der Waals surface area contributed by atoms with Crippen LogP contribution in [-0.4, -0.2) is 34.2 Å². The maximum atomic E-state index is 10.6. The molecule has 5 nitrogen and oxygen atoms in total. The number of rotatable bonds is 6. The van der Waals surface area contributed by atoms with Crippen LogP contribution in [0.15, 0.2) is 0 Å². The molecule has 0 radical (unpaired) electrons. The minimum atomic E-state index is -1.04. The molecule has 0 fully saturated rings. The summed E-state index contributed by atoms with van der Waals surface area (Å²) in [5.74, 6) is -2.04. The molecule has 0 aliphatic rings. The topological polar surface area (TPSA) is 86.6 Å². The quantitative estimate of drug-likeness (QED) is 0.559.